The molecule has 37 heavy (non-hydrogen) atoms. The van der Waals surface area contributed by atoms with Gasteiger partial charge in [-0.15, -0.1) is 11.3 Å². The van der Waals surface area contributed by atoms with Crippen molar-refractivity contribution in [2.24, 2.45) is 0 Å². The summed E-state index contributed by atoms with van der Waals surface area (Å²) >= 11 is 2.74. The SMILES string of the molecule is O=C(O)c1csc(SCCN2C(=O)CCC2/C=C/[C@@H](O)Cc2cccc(C3Nc4ccccc4O3)c2)n1. The summed E-state index contributed by atoms with van der Waals surface area (Å²) in [6.45, 7) is 0.537. The maximum atomic E-state index is 12.4. The number of hydrogen-bond donors (Lipinski definition) is 3. The van der Waals surface area contributed by atoms with Crippen molar-refractivity contribution in [3.63, 3.8) is 0 Å². The first-order valence-electron chi connectivity index (χ1n) is 12.0. The number of benzene rings is 2. The lowest BCUT2D eigenvalue weighted by Crippen LogP contribution is -2.33. The second-order valence-electron chi connectivity index (χ2n) is 8.89. The number of nitrogens with zero attached hydrogens (tertiary/aromatic N) is 2. The summed E-state index contributed by atoms with van der Waals surface area (Å²) in [5, 5.41) is 24.6. The lowest BCUT2D eigenvalue weighted by atomic mass is 10.0. The van der Waals surface area contributed by atoms with Crippen molar-refractivity contribution < 1.29 is 24.5 Å². The number of amides is 1. The molecule has 1 saturated heterocycles. The number of aromatic carboxylic acids is 1. The van der Waals surface area contributed by atoms with Gasteiger partial charge in [0.1, 0.15) is 5.75 Å². The number of fused-ring (bicyclic) bond motifs is 1. The van der Waals surface area contributed by atoms with Crippen LogP contribution in [-0.4, -0.2) is 56.4 Å². The zero-order valence-electron chi connectivity index (χ0n) is 19.9. The van der Waals surface area contributed by atoms with E-state index in [0.29, 0.717) is 35.9 Å². The fourth-order valence-corrected chi connectivity index (χ4v) is 6.30. The van der Waals surface area contributed by atoms with Crippen LogP contribution in [0.15, 0.2) is 70.4 Å². The van der Waals surface area contributed by atoms with E-state index in [2.05, 4.69) is 10.3 Å². The van der Waals surface area contributed by atoms with E-state index >= 15 is 0 Å². The van der Waals surface area contributed by atoms with E-state index in [1.54, 1.807) is 6.08 Å². The Morgan fingerprint density at radius 1 is 1.30 bits per heavy atom. The first-order valence-corrected chi connectivity index (χ1v) is 13.9. The summed E-state index contributed by atoms with van der Waals surface area (Å²) in [7, 11) is 0. The fourth-order valence-electron chi connectivity index (χ4n) is 4.49. The van der Waals surface area contributed by atoms with Gasteiger partial charge in [0.15, 0.2) is 16.3 Å². The molecular weight excluding hydrogens is 510 g/mol. The first-order chi connectivity index (χ1) is 18.0. The van der Waals surface area contributed by atoms with Crippen LogP contribution in [0.5, 0.6) is 5.75 Å². The first kappa shape index (κ1) is 25.3. The van der Waals surface area contributed by atoms with Crippen molar-refractivity contribution in [3.8, 4) is 5.75 Å². The number of carbonyl (C=O) groups is 2. The summed E-state index contributed by atoms with van der Waals surface area (Å²) in [5.41, 5.74) is 3.00. The number of ether oxygens (including phenoxy) is 1. The van der Waals surface area contributed by atoms with Crippen LogP contribution in [0.2, 0.25) is 0 Å². The number of rotatable bonds is 10. The molecule has 10 heteroatoms. The van der Waals surface area contributed by atoms with Crippen LogP contribution in [0.1, 0.15) is 40.7 Å². The number of anilines is 1. The van der Waals surface area contributed by atoms with Crippen LogP contribution in [0, 0.1) is 0 Å². The van der Waals surface area contributed by atoms with Gasteiger partial charge in [0.05, 0.1) is 17.8 Å². The van der Waals surface area contributed by atoms with Crippen LogP contribution in [0.25, 0.3) is 0 Å². The molecule has 3 N–H and O–H groups in total. The number of aliphatic hydroxyl groups excluding tert-OH is 1. The molecule has 2 aromatic carbocycles. The molecule has 1 fully saturated rings. The smallest absolute Gasteiger partial charge is 0.355 e. The van der Waals surface area contributed by atoms with Crippen LogP contribution >= 0.6 is 23.1 Å². The number of hydrogen-bond acceptors (Lipinski definition) is 8. The molecular formula is C27H27N3O5S2. The molecule has 3 atom stereocenters. The topological polar surface area (TPSA) is 112 Å². The number of nitrogens with one attached hydrogen (secondary N) is 1. The highest BCUT2D eigenvalue weighted by Gasteiger charge is 2.29. The number of thiazole rings is 1. The van der Waals surface area contributed by atoms with Crippen molar-refractivity contribution in [2.45, 2.75) is 42.0 Å². The molecule has 3 heterocycles. The molecule has 1 amide bonds. The maximum Gasteiger partial charge on any atom is 0.355 e. The second-order valence-corrected chi connectivity index (χ2v) is 11.1. The van der Waals surface area contributed by atoms with Gasteiger partial charge in [-0.1, -0.05) is 60.3 Å². The minimum Gasteiger partial charge on any atom is -0.476 e. The Bertz CT molecular complexity index is 1290. The van der Waals surface area contributed by atoms with Crippen molar-refractivity contribution in [1.29, 1.82) is 0 Å². The van der Waals surface area contributed by atoms with E-state index in [1.165, 1.54) is 28.5 Å². The van der Waals surface area contributed by atoms with E-state index in [1.807, 2.05) is 59.5 Å². The Kier molecular flexibility index (Phi) is 7.78. The molecule has 0 saturated carbocycles. The van der Waals surface area contributed by atoms with Gasteiger partial charge < -0.3 is 25.2 Å². The Labute approximate surface area is 223 Å². The minimum atomic E-state index is -1.04. The third-order valence-corrected chi connectivity index (χ3v) is 8.31. The van der Waals surface area contributed by atoms with Crippen LogP contribution in [0.4, 0.5) is 5.69 Å². The average molecular weight is 538 g/mol. The van der Waals surface area contributed by atoms with Gasteiger partial charge in [-0.05, 0) is 24.1 Å². The quantitative estimate of drug-likeness (QED) is 0.254. The highest BCUT2D eigenvalue weighted by atomic mass is 32.2. The standard InChI is InChI=1S/C27H27N3O5S2/c31-20(15-17-4-3-5-18(14-17)25-28-21-6-1-2-7-23(21)35-25)10-8-19-9-11-24(32)30(19)12-13-36-27-29-22(16-37-27)26(33)34/h1-8,10,14,16,19-20,25,28,31H,9,11-13,15H2,(H,33,34)/b10-8+/t19?,20-,25?/m1/s1. The Morgan fingerprint density at radius 2 is 2.16 bits per heavy atom. The van der Waals surface area contributed by atoms with Gasteiger partial charge in [-0.25, -0.2) is 9.78 Å². The van der Waals surface area contributed by atoms with Crippen molar-refractivity contribution >= 4 is 40.7 Å². The molecule has 2 aliphatic heterocycles. The second kappa shape index (κ2) is 11.4. The molecule has 2 aliphatic rings. The molecule has 3 aromatic rings. The van der Waals surface area contributed by atoms with E-state index in [-0.39, 0.29) is 23.9 Å². The van der Waals surface area contributed by atoms with Crippen LogP contribution in [0.3, 0.4) is 0 Å². The molecule has 0 radical (unpaired) electrons. The molecule has 192 valence electrons. The molecule has 8 nitrogen and oxygen atoms in total. The summed E-state index contributed by atoms with van der Waals surface area (Å²) in [6.07, 6.45) is 4.41. The number of aliphatic hydroxyl groups is 1. The van der Waals surface area contributed by atoms with Gasteiger partial charge in [-0.3, -0.25) is 4.79 Å². The van der Waals surface area contributed by atoms with E-state index in [0.717, 1.165) is 22.6 Å². The Morgan fingerprint density at radius 3 is 2.97 bits per heavy atom. The Hall–Kier alpha value is -3.34. The van der Waals surface area contributed by atoms with Gasteiger partial charge in [0.2, 0.25) is 5.91 Å². The molecule has 2 unspecified atom stereocenters. The van der Waals surface area contributed by atoms with E-state index in [4.69, 9.17) is 9.84 Å². The maximum absolute atomic E-state index is 12.4. The molecule has 0 bridgehead atoms. The highest BCUT2D eigenvalue weighted by molar-refractivity contribution is 8.01. The van der Waals surface area contributed by atoms with Gasteiger partial charge in [-0.2, -0.15) is 0 Å². The van der Waals surface area contributed by atoms with Crippen LogP contribution < -0.4 is 10.1 Å². The minimum absolute atomic E-state index is 0.0437. The number of thioether (sulfide) groups is 1. The summed E-state index contributed by atoms with van der Waals surface area (Å²) < 4.78 is 6.68. The molecule has 1 aromatic heterocycles. The van der Waals surface area contributed by atoms with E-state index in [9.17, 15) is 14.7 Å². The summed E-state index contributed by atoms with van der Waals surface area (Å²) in [6, 6.07) is 15.8. The predicted octanol–water partition coefficient (Wildman–Crippen LogP) is 4.59. The predicted molar refractivity (Wildman–Crippen MR) is 143 cm³/mol. The zero-order valence-corrected chi connectivity index (χ0v) is 21.6. The van der Waals surface area contributed by atoms with Crippen molar-refractivity contribution in [2.75, 3.05) is 17.6 Å². The number of carboxylic acid groups (broad SMARTS) is 1. The van der Waals surface area contributed by atoms with Gasteiger partial charge in [0.25, 0.3) is 0 Å². The number of carboxylic acids is 1. The number of carbonyl (C=O) groups excluding carboxylic acids is 1. The van der Waals surface area contributed by atoms with Crippen molar-refractivity contribution in [3.05, 3.63) is 82.9 Å². The average Bonchev–Trinajstić information content (AvgIpc) is 3.62. The normalized spacial score (nSPS) is 19.6. The van der Waals surface area contributed by atoms with Gasteiger partial charge in [0, 0.05) is 36.1 Å². The molecule has 0 aliphatic carbocycles. The van der Waals surface area contributed by atoms with E-state index < -0.39 is 12.1 Å². The summed E-state index contributed by atoms with van der Waals surface area (Å²) in [5.74, 6) is 0.501. The lowest BCUT2D eigenvalue weighted by Gasteiger charge is -2.22. The summed E-state index contributed by atoms with van der Waals surface area (Å²) in [4.78, 5) is 29.3. The van der Waals surface area contributed by atoms with Crippen molar-refractivity contribution in [1.82, 2.24) is 9.88 Å². The molecule has 0 spiro atoms. The fraction of sp³-hybridized carbons (Fsp3) is 0.296. The third kappa shape index (κ3) is 6.15. The largest absolute Gasteiger partial charge is 0.476 e. The number of likely N-dealkylation sites (tertiary alicyclic amines) is 1. The third-order valence-electron chi connectivity index (χ3n) is 6.31. The number of aromatic nitrogens is 1. The molecule has 5 rings (SSSR count). The number of para-hydroxylation sites is 2. The Balaban J connectivity index is 1.14. The van der Waals surface area contributed by atoms with Gasteiger partial charge >= 0.3 is 5.97 Å². The lowest BCUT2D eigenvalue weighted by molar-refractivity contribution is -0.128. The monoisotopic (exact) mass is 537 g/mol. The van der Waals surface area contributed by atoms with Crippen LogP contribution in [-0.2, 0) is 11.2 Å². The highest BCUT2D eigenvalue weighted by Crippen LogP contribution is 2.37. The zero-order chi connectivity index (χ0) is 25.8.